The van der Waals surface area contributed by atoms with Gasteiger partial charge in [0, 0.05) is 31.9 Å². The molecule has 160 valence electrons. The zero-order valence-electron chi connectivity index (χ0n) is 17.1. The Balaban J connectivity index is 1.32. The predicted octanol–water partition coefficient (Wildman–Crippen LogP) is 2.03. The van der Waals surface area contributed by atoms with Crippen LogP contribution in [0.3, 0.4) is 0 Å². The molecule has 1 aromatic carbocycles. The van der Waals surface area contributed by atoms with Crippen molar-refractivity contribution in [1.82, 2.24) is 15.2 Å². The second-order valence-corrected chi connectivity index (χ2v) is 7.78. The van der Waals surface area contributed by atoms with Gasteiger partial charge in [0.1, 0.15) is 5.56 Å². The number of amides is 1. The fourth-order valence-corrected chi connectivity index (χ4v) is 3.77. The van der Waals surface area contributed by atoms with Crippen LogP contribution in [-0.2, 0) is 17.8 Å². The predicted molar refractivity (Wildman–Crippen MR) is 111 cm³/mol. The number of hydrogen-bond donors (Lipinski definition) is 2. The van der Waals surface area contributed by atoms with Gasteiger partial charge in [-0.2, -0.15) is 0 Å². The van der Waals surface area contributed by atoms with Gasteiger partial charge in [-0.3, -0.25) is 14.5 Å². The standard InChI is InChI=1S/C22H27N3O5/c1-25(13-17-4-2-3-9-28-17)12-16-6-7-18(22(27)24-16)21(26)23-11-15-5-8-19-20(10-15)30-14-29-19/h5-8,10,17H,2-4,9,11-14H2,1H3,(H,23,26)(H,24,27)/t17-/m0/s1. The molecule has 0 aliphatic carbocycles. The number of hydrogen-bond acceptors (Lipinski definition) is 6. The van der Waals surface area contributed by atoms with Crippen molar-refractivity contribution >= 4 is 5.91 Å². The number of carbonyl (C=O) groups excluding carboxylic acids is 1. The molecule has 1 fully saturated rings. The van der Waals surface area contributed by atoms with E-state index >= 15 is 0 Å². The van der Waals surface area contributed by atoms with Gasteiger partial charge in [-0.25, -0.2) is 0 Å². The number of fused-ring (bicyclic) bond motifs is 1. The summed E-state index contributed by atoms with van der Waals surface area (Å²) in [5, 5.41) is 2.78. The first-order chi connectivity index (χ1) is 14.6. The molecule has 1 atom stereocenters. The van der Waals surface area contributed by atoms with E-state index in [0.29, 0.717) is 24.6 Å². The Labute approximate surface area is 175 Å². The number of rotatable bonds is 7. The Hall–Kier alpha value is -2.84. The highest BCUT2D eigenvalue weighted by Gasteiger charge is 2.17. The molecule has 30 heavy (non-hydrogen) atoms. The monoisotopic (exact) mass is 413 g/mol. The van der Waals surface area contributed by atoms with E-state index in [1.807, 2.05) is 19.2 Å². The van der Waals surface area contributed by atoms with Gasteiger partial charge in [-0.1, -0.05) is 6.07 Å². The van der Waals surface area contributed by atoms with E-state index in [9.17, 15) is 9.59 Å². The fraction of sp³-hybridized carbons (Fsp3) is 0.455. The summed E-state index contributed by atoms with van der Waals surface area (Å²) in [6, 6.07) is 8.85. The molecule has 2 aliphatic heterocycles. The molecule has 1 amide bonds. The highest BCUT2D eigenvalue weighted by Crippen LogP contribution is 2.32. The third-order valence-electron chi connectivity index (χ3n) is 5.33. The van der Waals surface area contributed by atoms with Crippen LogP contribution >= 0.6 is 0 Å². The first kappa shape index (κ1) is 20.4. The summed E-state index contributed by atoms with van der Waals surface area (Å²) < 4.78 is 16.4. The molecule has 3 heterocycles. The number of benzene rings is 1. The third-order valence-corrected chi connectivity index (χ3v) is 5.33. The van der Waals surface area contributed by atoms with Crippen molar-refractivity contribution in [3.63, 3.8) is 0 Å². The average Bonchev–Trinajstić information content (AvgIpc) is 3.20. The molecular weight excluding hydrogens is 386 g/mol. The lowest BCUT2D eigenvalue weighted by atomic mass is 10.1. The van der Waals surface area contributed by atoms with Crippen molar-refractivity contribution in [2.45, 2.75) is 38.5 Å². The van der Waals surface area contributed by atoms with Gasteiger partial charge in [0.05, 0.1) is 6.10 Å². The summed E-state index contributed by atoms with van der Waals surface area (Å²) >= 11 is 0. The quantitative estimate of drug-likeness (QED) is 0.722. The maximum atomic E-state index is 12.5. The first-order valence-electron chi connectivity index (χ1n) is 10.3. The van der Waals surface area contributed by atoms with Gasteiger partial charge < -0.3 is 24.5 Å². The SMILES string of the molecule is CN(Cc1ccc(C(=O)NCc2ccc3c(c2)OCO3)c(=O)[nH]1)C[C@@H]1CCCCO1. The Kier molecular flexibility index (Phi) is 6.35. The number of carbonyl (C=O) groups is 1. The minimum Gasteiger partial charge on any atom is -0.454 e. The molecule has 0 radical (unpaired) electrons. The Bertz CT molecular complexity index is 952. The van der Waals surface area contributed by atoms with Crippen LogP contribution in [0.25, 0.3) is 0 Å². The lowest BCUT2D eigenvalue weighted by molar-refractivity contribution is -0.00275. The van der Waals surface area contributed by atoms with Crippen LogP contribution in [0.1, 0.15) is 40.9 Å². The van der Waals surface area contributed by atoms with Gasteiger partial charge in [-0.05, 0) is 56.1 Å². The maximum Gasteiger partial charge on any atom is 0.261 e. The van der Waals surface area contributed by atoms with Crippen molar-refractivity contribution in [2.24, 2.45) is 0 Å². The van der Waals surface area contributed by atoms with E-state index in [-0.39, 0.29) is 18.5 Å². The molecule has 2 N–H and O–H groups in total. The zero-order chi connectivity index (χ0) is 20.9. The van der Waals surface area contributed by atoms with Crippen molar-refractivity contribution in [3.8, 4) is 11.5 Å². The summed E-state index contributed by atoms with van der Waals surface area (Å²) in [7, 11) is 2.00. The van der Waals surface area contributed by atoms with Gasteiger partial charge in [0.2, 0.25) is 6.79 Å². The van der Waals surface area contributed by atoms with Gasteiger partial charge in [0.25, 0.3) is 11.5 Å². The highest BCUT2D eigenvalue weighted by atomic mass is 16.7. The van der Waals surface area contributed by atoms with Crippen LogP contribution in [0, 0.1) is 0 Å². The second-order valence-electron chi connectivity index (χ2n) is 7.78. The Morgan fingerprint density at radius 2 is 2.07 bits per heavy atom. The zero-order valence-corrected chi connectivity index (χ0v) is 17.1. The van der Waals surface area contributed by atoms with E-state index < -0.39 is 11.5 Å². The van der Waals surface area contributed by atoms with E-state index in [1.54, 1.807) is 18.2 Å². The van der Waals surface area contributed by atoms with Crippen molar-refractivity contribution in [1.29, 1.82) is 0 Å². The minimum absolute atomic E-state index is 0.0951. The molecule has 2 aliphatic rings. The van der Waals surface area contributed by atoms with Crippen LogP contribution in [0.15, 0.2) is 35.1 Å². The second kappa shape index (κ2) is 9.32. The number of H-pyrrole nitrogens is 1. The summed E-state index contributed by atoms with van der Waals surface area (Å²) in [6.45, 7) is 2.73. The molecule has 8 heteroatoms. The van der Waals surface area contributed by atoms with E-state index in [4.69, 9.17) is 14.2 Å². The van der Waals surface area contributed by atoms with Crippen LogP contribution in [0.2, 0.25) is 0 Å². The highest BCUT2D eigenvalue weighted by molar-refractivity contribution is 5.93. The average molecular weight is 413 g/mol. The molecule has 0 bridgehead atoms. The number of likely N-dealkylation sites (N-methyl/N-ethyl adjacent to an activating group) is 1. The van der Waals surface area contributed by atoms with E-state index in [2.05, 4.69) is 15.2 Å². The molecule has 4 rings (SSSR count). The molecular formula is C22H27N3O5. The van der Waals surface area contributed by atoms with Crippen LogP contribution in [-0.4, -0.2) is 48.9 Å². The topological polar surface area (TPSA) is 92.9 Å². The van der Waals surface area contributed by atoms with Crippen LogP contribution < -0.4 is 20.3 Å². The molecule has 0 unspecified atom stereocenters. The molecule has 1 aromatic heterocycles. The van der Waals surface area contributed by atoms with E-state index in [0.717, 1.165) is 37.3 Å². The summed E-state index contributed by atoms with van der Waals surface area (Å²) in [5.41, 5.74) is 1.34. The number of nitrogens with one attached hydrogen (secondary N) is 2. The van der Waals surface area contributed by atoms with Gasteiger partial charge in [0.15, 0.2) is 11.5 Å². The van der Waals surface area contributed by atoms with Gasteiger partial charge in [-0.15, -0.1) is 0 Å². The fourth-order valence-electron chi connectivity index (χ4n) is 3.77. The molecule has 1 saturated heterocycles. The summed E-state index contributed by atoms with van der Waals surface area (Å²) in [4.78, 5) is 29.8. The van der Waals surface area contributed by atoms with E-state index in [1.165, 1.54) is 6.42 Å². The Morgan fingerprint density at radius 1 is 1.20 bits per heavy atom. The lowest BCUT2D eigenvalue weighted by Gasteiger charge is -2.27. The summed E-state index contributed by atoms with van der Waals surface area (Å²) in [6.07, 6.45) is 3.65. The molecule has 8 nitrogen and oxygen atoms in total. The van der Waals surface area contributed by atoms with Crippen LogP contribution in [0.4, 0.5) is 0 Å². The maximum absolute atomic E-state index is 12.5. The number of ether oxygens (including phenoxy) is 3. The lowest BCUT2D eigenvalue weighted by Crippen LogP contribution is -2.34. The molecule has 0 saturated carbocycles. The van der Waals surface area contributed by atoms with Crippen molar-refractivity contribution in [3.05, 3.63) is 57.5 Å². The third kappa shape index (κ3) is 5.01. The Morgan fingerprint density at radius 3 is 2.87 bits per heavy atom. The number of pyridine rings is 1. The smallest absolute Gasteiger partial charge is 0.261 e. The summed E-state index contributed by atoms with van der Waals surface area (Å²) in [5.74, 6) is 0.938. The number of aromatic nitrogens is 1. The molecule has 0 spiro atoms. The van der Waals surface area contributed by atoms with Crippen LogP contribution in [0.5, 0.6) is 11.5 Å². The number of aromatic amines is 1. The first-order valence-corrected chi connectivity index (χ1v) is 10.3. The van der Waals surface area contributed by atoms with Crippen molar-refractivity contribution in [2.75, 3.05) is 27.0 Å². The van der Waals surface area contributed by atoms with Crippen molar-refractivity contribution < 1.29 is 19.0 Å². The van der Waals surface area contributed by atoms with Gasteiger partial charge >= 0.3 is 0 Å². The minimum atomic E-state index is -0.413. The largest absolute Gasteiger partial charge is 0.454 e. The normalized spacial score (nSPS) is 17.9. The molecule has 2 aromatic rings. The number of nitrogens with zero attached hydrogens (tertiary/aromatic N) is 1.